The van der Waals surface area contributed by atoms with E-state index >= 15 is 0 Å². The monoisotopic (exact) mass is 309 g/mol. The highest BCUT2D eigenvalue weighted by Crippen LogP contribution is 2.35. The average Bonchev–Trinajstić information content (AvgIpc) is 2.43. The minimum atomic E-state index is -2.26. The van der Waals surface area contributed by atoms with Crippen LogP contribution in [0.4, 0.5) is 27.6 Å². The van der Waals surface area contributed by atoms with Crippen LogP contribution in [0.25, 0.3) is 0 Å². The lowest BCUT2D eigenvalue weighted by Crippen LogP contribution is -2.50. The Morgan fingerprint density at radius 3 is 2.00 bits per heavy atom. The Hall–Kier alpha value is -1.86. The summed E-state index contributed by atoms with van der Waals surface area (Å²) in [6, 6.07) is -1.34. The quantitative estimate of drug-likeness (QED) is 0.518. The van der Waals surface area contributed by atoms with E-state index in [0.29, 0.717) is 12.8 Å². The molecule has 1 heterocycles. The van der Waals surface area contributed by atoms with Gasteiger partial charge in [0.1, 0.15) is 11.7 Å². The van der Waals surface area contributed by atoms with Crippen LogP contribution in [-0.2, 0) is 4.79 Å². The number of piperidine rings is 1. The number of hydrogen-bond donors (Lipinski definition) is 1. The molecular formula is C13H12F5NO2. The minimum absolute atomic E-state index is 0.0976. The molecule has 8 heteroatoms. The lowest BCUT2D eigenvalue weighted by atomic mass is 9.90. The molecule has 0 spiro atoms. The largest absolute Gasteiger partial charge is 0.480 e. The van der Waals surface area contributed by atoms with Crippen molar-refractivity contribution in [1.29, 1.82) is 0 Å². The zero-order valence-electron chi connectivity index (χ0n) is 11.0. The second kappa shape index (κ2) is 5.50. The number of benzene rings is 1. The number of anilines is 1. The van der Waals surface area contributed by atoms with Gasteiger partial charge in [-0.25, -0.2) is 26.7 Å². The highest BCUT2D eigenvalue weighted by atomic mass is 19.2. The van der Waals surface area contributed by atoms with E-state index in [1.165, 1.54) is 0 Å². The first-order valence-electron chi connectivity index (χ1n) is 6.28. The van der Waals surface area contributed by atoms with Crippen molar-refractivity contribution in [2.75, 3.05) is 11.4 Å². The third-order valence-electron chi connectivity index (χ3n) is 3.66. The first kappa shape index (κ1) is 15.5. The average molecular weight is 309 g/mol. The van der Waals surface area contributed by atoms with E-state index in [1.807, 2.05) is 0 Å². The predicted molar refractivity (Wildman–Crippen MR) is 63.4 cm³/mol. The van der Waals surface area contributed by atoms with Gasteiger partial charge in [-0.15, -0.1) is 0 Å². The van der Waals surface area contributed by atoms with Crippen molar-refractivity contribution >= 4 is 11.7 Å². The Kier molecular flexibility index (Phi) is 4.06. The van der Waals surface area contributed by atoms with Crippen molar-refractivity contribution in [3.63, 3.8) is 0 Å². The minimum Gasteiger partial charge on any atom is -0.480 e. The van der Waals surface area contributed by atoms with Gasteiger partial charge in [0.05, 0.1) is 0 Å². The summed E-state index contributed by atoms with van der Waals surface area (Å²) in [5.41, 5.74) is -1.18. The number of carboxylic acids is 1. The number of hydrogen-bond acceptors (Lipinski definition) is 2. The van der Waals surface area contributed by atoms with Crippen LogP contribution in [-0.4, -0.2) is 23.7 Å². The van der Waals surface area contributed by atoms with E-state index in [4.69, 9.17) is 5.11 Å². The van der Waals surface area contributed by atoms with E-state index < -0.39 is 52.7 Å². The molecule has 2 rings (SSSR count). The second-order valence-electron chi connectivity index (χ2n) is 5.01. The van der Waals surface area contributed by atoms with Gasteiger partial charge in [0.15, 0.2) is 23.3 Å². The number of nitrogens with zero attached hydrogens (tertiary/aromatic N) is 1. The van der Waals surface area contributed by atoms with Crippen molar-refractivity contribution in [2.45, 2.75) is 25.8 Å². The van der Waals surface area contributed by atoms with Gasteiger partial charge in [0, 0.05) is 6.54 Å². The summed E-state index contributed by atoms with van der Waals surface area (Å²) in [7, 11) is 0. The smallest absolute Gasteiger partial charge is 0.326 e. The number of carboxylic acid groups (broad SMARTS) is 1. The maximum atomic E-state index is 13.8. The molecule has 1 N–H and O–H groups in total. The van der Waals surface area contributed by atoms with Crippen LogP contribution in [0.2, 0.25) is 0 Å². The fourth-order valence-electron chi connectivity index (χ4n) is 2.66. The normalized spacial score (nSPS) is 22.5. The summed E-state index contributed by atoms with van der Waals surface area (Å²) in [5.74, 6) is -12.3. The summed E-state index contributed by atoms with van der Waals surface area (Å²) in [6.07, 6.45) is 0.882. The number of halogens is 5. The summed E-state index contributed by atoms with van der Waals surface area (Å²) in [6.45, 7) is 1.46. The fourth-order valence-corrected chi connectivity index (χ4v) is 2.66. The summed E-state index contributed by atoms with van der Waals surface area (Å²) in [5, 5.41) is 9.17. The molecule has 0 amide bonds. The lowest BCUT2D eigenvalue weighted by Gasteiger charge is -2.39. The van der Waals surface area contributed by atoms with Gasteiger partial charge in [0.25, 0.3) is 0 Å². The predicted octanol–water partition coefficient (Wildman–Crippen LogP) is 3.07. The van der Waals surface area contributed by atoms with Crippen molar-refractivity contribution < 1.29 is 31.9 Å². The fraction of sp³-hybridized carbons (Fsp3) is 0.462. The molecule has 3 nitrogen and oxygen atoms in total. The summed E-state index contributed by atoms with van der Waals surface area (Å²) in [4.78, 5) is 12.0. The second-order valence-corrected chi connectivity index (χ2v) is 5.01. The van der Waals surface area contributed by atoms with E-state index in [9.17, 15) is 26.7 Å². The van der Waals surface area contributed by atoms with Gasteiger partial charge in [0.2, 0.25) is 5.82 Å². The molecule has 116 valence electrons. The highest BCUT2D eigenvalue weighted by Gasteiger charge is 2.39. The zero-order chi connectivity index (χ0) is 15.9. The molecule has 1 aromatic rings. The molecule has 1 aliphatic rings. The van der Waals surface area contributed by atoms with Gasteiger partial charge in [-0.3, -0.25) is 0 Å². The first-order chi connectivity index (χ1) is 9.77. The highest BCUT2D eigenvalue weighted by molar-refractivity contribution is 5.79. The molecule has 1 aliphatic heterocycles. The van der Waals surface area contributed by atoms with Crippen LogP contribution < -0.4 is 4.90 Å². The Labute approximate surface area is 117 Å². The first-order valence-corrected chi connectivity index (χ1v) is 6.28. The van der Waals surface area contributed by atoms with Gasteiger partial charge >= 0.3 is 5.97 Å². The molecule has 0 bridgehead atoms. The zero-order valence-corrected chi connectivity index (χ0v) is 11.0. The third-order valence-corrected chi connectivity index (χ3v) is 3.66. The van der Waals surface area contributed by atoms with E-state index in [2.05, 4.69) is 0 Å². The van der Waals surface area contributed by atoms with Crippen LogP contribution in [0.3, 0.4) is 0 Å². The molecule has 0 saturated carbocycles. The van der Waals surface area contributed by atoms with Crippen LogP contribution in [0, 0.1) is 35.0 Å². The van der Waals surface area contributed by atoms with Crippen LogP contribution in [0.5, 0.6) is 0 Å². The van der Waals surface area contributed by atoms with Gasteiger partial charge in [-0.2, -0.15) is 0 Å². The summed E-state index contributed by atoms with van der Waals surface area (Å²) >= 11 is 0. The Balaban J connectivity index is 2.62. The SMILES string of the molecule is CC1CCCN(c2c(F)c(F)c(F)c(F)c2F)C1C(=O)O. The van der Waals surface area contributed by atoms with E-state index in [0.717, 1.165) is 4.90 Å². The lowest BCUT2D eigenvalue weighted by molar-refractivity contribution is -0.140. The van der Waals surface area contributed by atoms with Crippen molar-refractivity contribution in [3.05, 3.63) is 29.1 Å². The third kappa shape index (κ3) is 2.43. The number of rotatable bonds is 2. The van der Waals surface area contributed by atoms with Crippen molar-refractivity contribution in [1.82, 2.24) is 0 Å². The van der Waals surface area contributed by atoms with Crippen LogP contribution in [0.15, 0.2) is 0 Å². The summed E-state index contributed by atoms with van der Waals surface area (Å²) < 4.78 is 67.1. The van der Waals surface area contributed by atoms with E-state index in [-0.39, 0.29) is 6.54 Å². The molecule has 2 unspecified atom stereocenters. The molecule has 0 aliphatic carbocycles. The molecule has 0 aromatic heterocycles. The molecule has 2 atom stereocenters. The topological polar surface area (TPSA) is 40.5 Å². The van der Waals surface area contributed by atoms with Crippen molar-refractivity contribution in [3.8, 4) is 0 Å². The Morgan fingerprint density at radius 2 is 1.52 bits per heavy atom. The number of carbonyl (C=O) groups is 1. The molecular weight excluding hydrogens is 297 g/mol. The molecule has 21 heavy (non-hydrogen) atoms. The molecule has 1 aromatic carbocycles. The number of aliphatic carboxylic acids is 1. The van der Waals surface area contributed by atoms with Gasteiger partial charge in [-0.05, 0) is 18.8 Å². The van der Waals surface area contributed by atoms with Gasteiger partial charge in [-0.1, -0.05) is 6.92 Å². The standard InChI is InChI=1S/C13H12F5NO2/c1-5-3-2-4-19(11(5)13(20)21)12-9(17)7(15)6(14)8(16)10(12)18/h5,11H,2-4H2,1H3,(H,20,21). The van der Waals surface area contributed by atoms with E-state index in [1.54, 1.807) is 6.92 Å². The maximum absolute atomic E-state index is 13.8. The molecule has 0 radical (unpaired) electrons. The van der Waals surface area contributed by atoms with Crippen LogP contribution in [0.1, 0.15) is 19.8 Å². The van der Waals surface area contributed by atoms with Crippen LogP contribution >= 0.6 is 0 Å². The Bertz CT molecular complexity index is 563. The molecule has 1 fully saturated rings. The Morgan fingerprint density at radius 1 is 1.05 bits per heavy atom. The van der Waals surface area contributed by atoms with Crippen molar-refractivity contribution in [2.24, 2.45) is 5.92 Å². The molecule has 1 saturated heterocycles. The van der Waals surface area contributed by atoms with Gasteiger partial charge < -0.3 is 10.0 Å². The maximum Gasteiger partial charge on any atom is 0.326 e.